The molecule has 1 aromatic heterocycles. The molecule has 0 unspecified atom stereocenters. The molecule has 72 valence electrons. The van der Waals surface area contributed by atoms with Crippen LogP contribution in [0.4, 0.5) is 8.78 Å². The highest BCUT2D eigenvalue weighted by atomic mass is 19.3. The van der Waals surface area contributed by atoms with E-state index < -0.39 is 6.43 Å². The molecule has 1 heterocycles. The van der Waals surface area contributed by atoms with Crippen molar-refractivity contribution in [1.29, 1.82) is 0 Å². The van der Waals surface area contributed by atoms with Crippen molar-refractivity contribution in [3.05, 3.63) is 29.6 Å². The fourth-order valence-electron chi connectivity index (χ4n) is 1.04. The predicted molar refractivity (Wildman–Crippen MR) is 46.7 cm³/mol. The highest BCUT2D eigenvalue weighted by Gasteiger charge is 2.00. The SMILES string of the molecule is Cc1cncc(CNCC(F)F)c1. The van der Waals surface area contributed by atoms with Crippen LogP contribution in [0.5, 0.6) is 0 Å². The molecular formula is C9H12F2N2. The molecule has 2 nitrogen and oxygen atoms in total. The van der Waals surface area contributed by atoms with E-state index >= 15 is 0 Å². The number of halogens is 2. The van der Waals surface area contributed by atoms with Crippen LogP contribution in [0, 0.1) is 6.92 Å². The van der Waals surface area contributed by atoms with Crippen LogP contribution in [0.25, 0.3) is 0 Å². The normalized spacial score (nSPS) is 10.8. The smallest absolute Gasteiger partial charge is 0.250 e. The number of alkyl halides is 2. The second kappa shape index (κ2) is 4.87. The van der Waals surface area contributed by atoms with Crippen molar-refractivity contribution in [1.82, 2.24) is 10.3 Å². The molecule has 0 radical (unpaired) electrons. The summed E-state index contributed by atoms with van der Waals surface area (Å²) in [4.78, 5) is 3.95. The number of hydrogen-bond donors (Lipinski definition) is 1. The highest BCUT2D eigenvalue weighted by molar-refractivity contribution is 5.16. The van der Waals surface area contributed by atoms with E-state index in [1.807, 2.05) is 13.0 Å². The molecule has 0 amide bonds. The van der Waals surface area contributed by atoms with Gasteiger partial charge in [0, 0.05) is 18.9 Å². The largest absolute Gasteiger partial charge is 0.307 e. The second-order valence-electron chi connectivity index (χ2n) is 2.89. The van der Waals surface area contributed by atoms with Gasteiger partial charge in [-0.2, -0.15) is 0 Å². The number of pyridine rings is 1. The van der Waals surface area contributed by atoms with Crippen LogP contribution in [0.2, 0.25) is 0 Å². The predicted octanol–water partition coefficient (Wildman–Crippen LogP) is 1.74. The molecule has 1 N–H and O–H groups in total. The van der Waals surface area contributed by atoms with Crippen molar-refractivity contribution >= 4 is 0 Å². The number of hydrogen-bond acceptors (Lipinski definition) is 2. The molecule has 0 fully saturated rings. The lowest BCUT2D eigenvalue weighted by Crippen LogP contribution is -2.20. The third-order valence-electron chi connectivity index (χ3n) is 1.56. The van der Waals surface area contributed by atoms with Crippen LogP contribution >= 0.6 is 0 Å². The van der Waals surface area contributed by atoms with Gasteiger partial charge in [-0.1, -0.05) is 6.07 Å². The van der Waals surface area contributed by atoms with E-state index in [0.717, 1.165) is 11.1 Å². The van der Waals surface area contributed by atoms with Crippen LogP contribution in [0.1, 0.15) is 11.1 Å². The third kappa shape index (κ3) is 3.94. The lowest BCUT2D eigenvalue weighted by molar-refractivity contribution is 0.145. The maximum Gasteiger partial charge on any atom is 0.250 e. The number of nitrogens with one attached hydrogen (secondary N) is 1. The molecule has 0 saturated heterocycles. The maximum atomic E-state index is 11.7. The van der Waals surface area contributed by atoms with Gasteiger partial charge in [-0.25, -0.2) is 8.78 Å². The molecule has 1 aromatic rings. The summed E-state index contributed by atoms with van der Waals surface area (Å²) in [5.74, 6) is 0. The Kier molecular flexibility index (Phi) is 3.76. The summed E-state index contributed by atoms with van der Waals surface area (Å²) in [5.41, 5.74) is 1.97. The number of aryl methyl sites for hydroxylation is 1. The molecule has 13 heavy (non-hydrogen) atoms. The molecule has 0 aliphatic rings. The van der Waals surface area contributed by atoms with Crippen molar-refractivity contribution in [3.8, 4) is 0 Å². The van der Waals surface area contributed by atoms with E-state index in [0.29, 0.717) is 6.54 Å². The Morgan fingerprint density at radius 3 is 2.85 bits per heavy atom. The standard InChI is InChI=1S/C9H12F2N2/c1-7-2-8(4-12-3-7)5-13-6-9(10)11/h2-4,9,13H,5-6H2,1H3. The molecule has 0 bridgehead atoms. The minimum atomic E-state index is -2.29. The van der Waals surface area contributed by atoms with E-state index in [1.54, 1.807) is 12.4 Å². The Hall–Kier alpha value is -1.03. The van der Waals surface area contributed by atoms with Crippen LogP contribution in [0.15, 0.2) is 18.5 Å². The Labute approximate surface area is 76.0 Å². The number of aromatic nitrogens is 1. The Morgan fingerprint density at radius 1 is 1.46 bits per heavy atom. The fourth-order valence-corrected chi connectivity index (χ4v) is 1.04. The summed E-state index contributed by atoms with van der Waals surface area (Å²) in [6, 6.07) is 1.92. The van der Waals surface area contributed by atoms with Gasteiger partial charge in [-0.05, 0) is 18.1 Å². The quantitative estimate of drug-likeness (QED) is 0.774. The maximum absolute atomic E-state index is 11.7. The van der Waals surface area contributed by atoms with Gasteiger partial charge in [-0.3, -0.25) is 4.98 Å². The zero-order valence-electron chi connectivity index (χ0n) is 7.43. The van der Waals surface area contributed by atoms with Gasteiger partial charge in [0.2, 0.25) is 0 Å². The molecular weight excluding hydrogens is 174 g/mol. The molecule has 4 heteroatoms. The molecule has 0 aliphatic carbocycles. The van der Waals surface area contributed by atoms with E-state index in [1.165, 1.54) is 0 Å². The lowest BCUT2D eigenvalue weighted by atomic mass is 10.2. The van der Waals surface area contributed by atoms with Gasteiger partial charge in [0.25, 0.3) is 6.43 Å². The summed E-state index contributed by atoms with van der Waals surface area (Å²) in [5, 5.41) is 2.64. The van der Waals surface area contributed by atoms with Gasteiger partial charge < -0.3 is 5.32 Å². The highest BCUT2D eigenvalue weighted by Crippen LogP contribution is 2.00. The Morgan fingerprint density at radius 2 is 2.23 bits per heavy atom. The van der Waals surface area contributed by atoms with Crippen LogP contribution < -0.4 is 5.32 Å². The van der Waals surface area contributed by atoms with Crippen molar-refractivity contribution in [3.63, 3.8) is 0 Å². The molecule has 1 rings (SSSR count). The average molecular weight is 186 g/mol. The Balaban J connectivity index is 2.37. The van der Waals surface area contributed by atoms with Gasteiger partial charge >= 0.3 is 0 Å². The van der Waals surface area contributed by atoms with Crippen LogP contribution in [0.3, 0.4) is 0 Å². The Bertz CT molecular complexity index is 264. The van der Waals surface area contributed by atoms with E-state index in [-0.39, 0.29) is 6.54 Å². The second-order valence-corrected chi connectivity index (χ2v) is 2.89. The number of nitrogens with zero attached hydrogens (tertiary/aromatic N) is 1. The summed E-state index contributed by atoms with van der Waals surface area (Å²) in [6.07, 6.45) is 1.11. The van der Waals surface area contributed by atoms with Crippen molar-refractivity contribution in [2.45, 2.75) is 19.9 Å². The first-order chi connectivity index (χ1) is 6.18. The van der Waals surface area contributed by atoms with Crippen LogP contribution in [-0.4, -0.2) is 18.0 Å². The molecule has 0 aromatic carbocycles. The minimum Gasteiger partial charge on any atom is -0.307 e. The van der Waals surface area contributed by atoms with E-state index in [4.69, 9.17) is 0 Å². The topological polar surface area (TPSA) is 24.9 Å². The van der Waals surface area contributed by atoms with Gasteiger partial charge in [0.15, 0.2) is 0 Å². The first kappa shape index (κ1) is 10.1. The van der Waals surface area contributed by atoms with Gasteiger partial charge in [0.1, 0.15) is 0 Å². The van der Waals surface area contributed by atoms with Crippen LogP contribution in [-0.2, 0) is 6.54 Å². The summed E-state index contributed by atoms with van der Waals surface area (Å²) in [6.45, 7) is 2.09. The number of rotatable bonds is 4. The average Bonchev–Trinajstić information content (AvgIpc) is 2.03. The van der Waals surface area contributed by atoms with E-state index in [2.05, 4.69) is 10.3 Å². The van der Waals surface area contributed by atoms with Crippen molar-refractivity contribution in [2.75, 3.05) is 6.54 Å². The molecule has 0 spiro atoms. The molecule has 0 saturated carbocycles. The van der Waals surface area contributed by atoms with Crippen molar-refractivity contribution < 1.29 is 8.78 Å². The van der Waals surface area contributed by atoms with Gasteiger partial charge in [-0.15, -0.1) is 0 Å². The minimum absolute atomic E-state index is 0.270. The molecule has 0 aliphatic heterocycles. The van der Waals surface area contributed by atoms with Crippen molar-refractivity contribution in [2.24, 2.45) is 0 Å². The van der Waals surface area contributed by atoms with Gasteiger partial charge in [0.05, 0.1) is 6.54 Å². The summed E-state index contributed by atoms with van der Waals surface area (Å²) < 4.78 is 23.5. The zero-order chi connectivity index (χ0) is 9.68. The first-order valence-corrected chi connectivity index (χ1v) is 4.08. The summed E-state index contributed by atoms with van der Waals surface area (Å²) >= 11 is 0. The summed E-state index contributed by atoms with van der Waals surface area (Å²) in [7, 11) is 0. The molecule has 0 atom stereocenters. The monoisotopic (exact) mass is 186 g/mol. The zero-order valence-corrected chi connectivity index (χ0v) is 7.43. The first-order valence-electron chi connectivity index (χ1n) is 4.08. The van der Waals surface area contributed by atoms with E-state index in [9.17, 15) is 8.78 Å². The third-order valence-corrected chi connectivity index (χ3v) is 1.56. The lowest BCUT2D eigenvalue weighted by Gasteiger charge is -2.03. The fraction of sp³-hybridized carbons (Fsp3) is 0.444.